The summed E-state index contributed by atoms with van der Waals surface area (Å²) >= 11 is 3.34. The monoisotopic (exact) mass is 340 g/mol. The Kier molecular flexibility index (Phi) is 5.20. The van der Waals surface area contributed by atoms with E-state index in [1.165, 1.54) is 18.3 Å². The number of pyridine rings is 1. The summed E-state index contributed by atoms with van der Waals surface area (Å²) in [6, 6.07) is 7.69. The molecule has 2 rings (SSSR count). The third kappa shape index (κ3) is 3.84. The number of benzene rings is 1. The van der Waals surface area contributed by atoms with Crippen LogP contribution in [0.1, 0.15) is 24.2 Å². The lowest BCUT2D eigenvalue weighted by Crippen LogP contribution is -2.24. The van der Waals surface area contributed by atoms with Crippen molar-refractivity contribution in [3.63, 3.8) is 0 Å². The molecule has 1 aromatic carbocycles. The van der Waals surface area contributed by atoms with E-state index in [4.69, 9.17) is 0 Å². The first-order valence-corrected chi connectivity index (χ1v) is 7.18. The van der Waals surface area contributed by atoms with E-state index in [2.05, 4.69) is 26.2 Å². The summed E-state index contributed by atoms with van der Waals surface area (Å²) in [4.78, 5) is 4.07. The molecule has 1 atom stereocenters. The molecule has 0 amide bonds. The predicted molar refractivity (Wildman–Crippen MR) is 78.4 cm³/mol. The molecule has 2 nitrogen and oxygen atoms in total. The Morgan fingerprint density at radius 1 is 1.25 bits per heavy atom. The van der Waals surface area contributed by atoms with Gasteiger partial charge in [-0.2, -0.15) is 0 Å². The highest BCUT2D eigenvalue weighted by Gasteiger charge is 2.15. The van der Waals surface area contributed by atoms with Crippen molar-refractivity contribution in [3.05, 3.63) is 63.9 Å². The van der Waals surface area contributed by atoms with Crippen LogP contribution in [0.5, 0.6) is 0 Å². The molecule has 0 spiro atoms. The van der Waals surface area contributed by atoms with Crippen molar-refractivity contribution < 1.29 is 8.78 Å². The average molecular weight is 341 g/mol. The fourth-order valence-electron chi connectivity index (χ4n) is 2.04. The number of aromatic nitrogens is 1. The maximum Gasteiger partial charge on any atom is 0.141 e. The van der Waals surface area contributed by atoms with Gasteiger partial charge < -0.3 is 5.32 Å². The minimum atomic E-state index is -0.377. The minimum Gasteiger partial charge on any atom is -0.309 e. The zero-order chi connectivity index (χ0) is 14.5. The Morgan fingerprint density at radius 3 is 2.70 bits per heavy atom. The van der Waals surface area contributed by atoms with Gasteiger partial charge in [-0.15, -0.1) is 0 Å². The standard InChI is InChI=1S/C15H15BrF2N2/c1-2-19-15(14-6-4-12(17)9-20-14)8-10-7-11(16)3-5-13(10)18/h3-7,9,15,19H,2,8H2,1H3. The van der Waals surface area contributed by atoms with E-state index >= 15 is 0 Å². The number of hydrogen-bond donors (Lipinski definition) is 1. The summed E-state index contributed by atoms with van der Waals surface area (Å²) in [5, 5.41) is 3.25. The molecule has 1 N–H and O–H groups in total. The zero-order valence-corrected chi connectivity index (χ0v) is 12.6. The summed E-state index contributed by atoms with van der Waals surface area (Å²) < 4.78 is 27.6. The van der Waals surface area contributed by atoms with Crippen LogP contribution in [0.3, 0.4) is 0 Å². The van der Waals surface area contributed by atoms with Crippen LogP contribution < -0.4 is 5.32 Å². The van der Waals surface area contributed by atoms with Gasteiger partial charge in [0.05, 0.1) is 17.9 Å². The minimum absolute atomic E-state index is 0.149. The van der Waals surface area contributed by atoms with Gasteiger partial charge in [0.1, 0.15) is 11.6 Å². The van der Waals surface area contributed by atoms with Crippen LogP contribution in [0.25, 0.3) is 0 Å². The Labute approximate surface area is 125 Å². The molecular formula is C15H15BrF2N2. The van der Waals surface area contributed by atoms with Crippen molar-refractivity contribution in [3.8, 4) is 0 Å². The number of rotatable bonds is 5. The quantitative estimate of drug-likeness (QED) is 0.889. The van der Waals surface area contributed by atoms with Crippen LogP contribution in [0.15, 0.2) is 41.0 Å². The molecule has 1 unspecified atom stereocenters. The van der Waals surface area contributed by atoms with Gasteiger partial charge in [-0.1, -0.05) is 22.9 Å². The van der Waals surface area contributed by atoms with Gasteiger partial charge in [-0.25, -0.2) is 8.78 Å². The Balaban J connectivity index is 2.25. The van der Waals surface area contributed by atoms with Crippen molar-refractivity contribution in [2.24, 2.45) is 0 Å². The number of likely N-dealkylation sites (N-methyl/N-ethyl adjacent to an activating group) is 1. The van der Waals surface area contributed by atoms with Crippen molar-refractivity contribution in [1.82, 2.24) is 10.3 Å². The summed E-state index contributed by atoms with van der Waals surface area (Å²) in [5.41, 5.74) is 1.30. The number of nitrogens with zero attached hydrogens (tertiary/aromatic N) is 1. The molecule has 0 saturated carbocycles. The van der Waals surface area contributed by atoms with Gasteiger partial charge in [0.15, 0.2) is 0 Å². The SMILES string of the molecule is CCNC(Cc1cc(Br)ccc1F)c1ccc(F)cn1. The van der Waals surface area contributed by atoms with Gasteiger partial charge in [0.25, 0.3) is 0 Å². The molecule has 0 aliphatic heterocycles. The summed E-state index contributed by atoms with van der Waals surface area (Å²) in [5.74, 6) is -0.629. The van der Waals surface area contributed by atoms with Gasteiger partial charge >= 0.3 is 0 Å². The second-order valence-corrected chi connectivity index (χ2v) is 5.37. The molecule has 5 heteroatoms. The molecule has 1 heterocycles. The molecule has 0 radical (unpaired) electrons. The summed E-state index contributed by atoms with van der Waals surface area (Å²) in [7, 11) is 0. The molecule has 0 aliphatic carbocycles. The fourth-order valence-corrected chi connectivity index (χ4v) is 2.45. The third-order valence-electron chi connectivity index (χ3n) is 2.99. The Morgan fingerprint density at radius 2 is 2.05 bits per heavy atom. The maximum atomic E-state index is 13.8. The van der Waals surface area contributed by atoms with E-state index in [1.807, 2.05) is 6.92 Å². The largest absolute Gasteiger partial charge is 0.309 e. The Bertz CT molecular complexity index is 573. The predicted octanol–water partition coefficient (Wildman–Crippen LogP) is 4.02. The van der Waals surface area contributed by atoms with Crippen LogP contribution in [0.4, 0.5) is 8.78 Å². The molecule has 1 aromatic heterocycles. The van der Waals surface area contributed by atoms with Gasteiger partial charge in [-0.05, 0) is 48.9 Å². The smallest absolute Gasteiger partial charge is 0.141 e. The van der Waals surface area contributed by atoms with Crippen molar-refractivity contribution in [2.45, 2.75) is 19.4 Å². The highest BCUT2D eigenvalue weighted by molar-refractivity contribution is 9.10. The highest BCUT2D eigenvalue weighted by Crippen LogP contribution is 2.22. The van der Waals surface area contributed by atoms with E-state index in [0.717, 1.165) is 11.0 Å². The number of nitrogens with one attached hydrogen (secondary N) is 1. The zero-order valence-electron chi connectivity index (χ0n) is 11.0. The number of halogens is 3. The van der Waals surface area contributed by atoms with Gasteiger partial charge in [0.2, 0.25) is 0 Å². The molecule has 0 bridgehead atoms. The maximum absolute atomic E-state index is 13.8. The third-order valence-corrected chi connectivity index (χ3v) is 3.48. The van der Waals surface area contributed by atoms with Gasteiger partial charge in [0, 0.05) is 4.47 Å². The van der Waals surface area contributed by atoms with Crippen LogP contribution in [-0.2, 0) is 6.42 Å². The van der Waals surface area contributed by atoms with Crippen molar-refractivity contribution in [2.75, 3.05) is 6.54 Å². The van der Waals surface area contributed by atoms with E-state index in [1.54, 1.807) is 18.2 Å². The van der Waals surface area contributed by atoms with E-state index in [-0.39, 0.29) is 17.7 Å². The molecule has 0 fully saturated rings. The Hall–Kier alpha value is -1.33. The molecule has 0 aliphatic rings. The topological polar surface area (TPSA) is 24.9 Å². The molecular weight excluding hydrogens is 326 g/mol. The fraction of sp³-hybridized carbons (Fsp3) is 0.267. The lowest BCUT2D eigenvalue weighted by molar-refractivity contribution is 0.514. The molecule has 0 saturated heterocycles. The van der Waals surface area contributed by atoms with Gasteiger partial charge in [-0.3, -0.25) is 4.98 Å². The van der Waals surface area contributed by atoms with Crippen LogP contribution in [0, 0.1) is 11.6 Å². The van der Waals surface area contributed by atoms with Crippen LogP contribution in [0.2, 0.25) is 0 Å². The van der Waals surface area contributed by atoms with Crippen LogP contribution in [-0.4, -0.2) is 11.5 Å². The molecule has 106 valence electrons. The normalized spacial score (nSPS) is 12.4. The first kappa shape index (κ1) is 15.1. The number of hydrogen-bond acceptors (Lipinski definition) is 2. The lowest BCUT2D eigenvalue weighted by Gasteiger charge is -2.18. The van der Waals surface area contributed by atoms with Crippen molar-refractivity contribution in [1.29, 1.82) is 0 Å². The second-order valence-electron chi connectivity index (χ2n) is 4.45. The molecule has 2 aromatic rings. The lowest BCUT2D eigenvalue weighted by atomic mass is 10.0. The van der Waals surface area contributed by atoms with E-state index < -0.39 is 0 Å². The second kappa shape index (κ2) is 6.90. The first-order chi connectivity index (χ1) is 9.60. The average Bonchev–Trinajstić information content (AvgIpc) is 2.43. The van der Waals surface area contributed by atoms with E-state index in [0.29, 0.717) is 17.7 Å². The summed E-state index contributed by atoms with van der Waals surface area (Å²) in [6.45, 7) is 2.69. The molecule has 20 heavy (non-hydrogen) atoms. The summed E-state index contributed by atoms with van der Waals surface area (Å²) in [6.07, 6.45) is 1.63. The van der Waals surface area contributed by atoms with E-state index in [9.17, 15) is 8.78 Å². The van der Waals surface area contributed by atoms with Crippen molar-refractivity contribution >= 4 is 15.9 Å². The van der Waals surface area contributed by atoms with Crippen LogP contribution >= 0.6 is 15.9 Å². The first-order valence-electron chi connectivity index (χ1n) is 6.39. The highest BCUT2D eigenvalue weighted by atomic mass is 79.9.